The van der Waals surface area contributed by atoms with E-state index in [9.17, 15) is 13.6 Å². The zero-order chi connectivity index (χ0) is 23.4. The highest BCUT2D eigenvalue weighted by Crippen LogP contribution is 2.39. The molecule has 2 fully saturated rings. The molecule has 9 heteroatoms. The minimum Gasteiger partial charge on any atom is -0.356 e. The Labute approximate surface area is 195 Å². The summed E-state index contributed by atoms with van der Waals surface area (Å²) in [5.41, 5.74) is 5.38. The number of carbonyl (C=O) groups is 1. The highest BCUT2D eigenvalue weighted by atomic mass is 19.3. The van der Waals surface area contributed by atoms with E-state index in [1.54, 1.807) is 6.20 Å². The van der Waals surface area contributed by atoms with Crippen LogP contribution in [0.1, 0.15) is 37.9 Å². The van der Waals surface area contributed by atoms with Gasteiger partial charge in [0.05, 0.1) is 40.5 Å². The van der Waals surface area contributed by atoms with Crippen molar-refractivity contribution in [2.75, 3.05) is 6.54 Å². The summed E-state index contributed by atoms with van der Waals surface area (Å²) in [5, 5.41) is 7.87. The van der Waals surface area contributed by atoms with Crippen LogP contribution in [0.4, 0.5) is 8.78 Å². The zero-order valence-corrected chi connectivity index (χ0v) is 18.9. The first-order valence-electron chi connectivity index (χ1n) is 11.8. The van der Waals surface area contributed by atoms with Gasteiger partial charge in [0.25, 0.3) is 6.43 Å². The van der Waals surface area contributed by atoms with Gasteiger partial charge in [-0.15, -0.1) is 0 Å². The number of nitrogens with one attached hydrogen (secondary N) is 1. The van der Waals surface area contributed by atoms with Gasteiger partial charge in [0, 0.05) is 30.0 Å². The van der Waals surface area contributed by atoms with Gasteiger partial charge in [0.1, 0.15) is 6.54 Å². The number of amides is 1. The molecule has 1 aromatic carbocycles. The van der Waals surface area contributed by atoms with E-state index < -0.39 is 13.0 Å². The quantitative estimate of drug-likeness (QED) is 0.441. The highest BCUT2D eigenvalue weighted by molar-refractivity contribution is 5.87. The van der Waals surface area contributed by atoms with Crippen LogP contribution in [0.15, 0.2) is 36.8 Å². The van der Waals surface area contributed by atoms with Crippen molar-refractivity contribution in [1.82, 2.24) is 29.6 Å². The molecule has 2 aliphatic rings. The molecule has 4 heterocycles. The molecule has 6 rings (SSSR count). The van der Waals surface area contributed by atoms with E-state index in [0.717, 1.165) is 52.6 Å². The number of benzene rings is 1. The van der Waals surface area contributed by atoms with Gasteiger partial charge < -0.3 is 9.88 Å². The molecule has 176 valence electrons. The van der Waals surface area contributed by atoms with Gasteiger partial charge in [0.2, 0.25) is 5.91 Å². The molecule has 7 nitrogen and oxygen atoms in total. The average molecular weight is 465 g/mol. The lowest BCUT2D eigenvalue weighted by molar-refractivity contribution is -0.119. The molecule has 1 amide bonds. The number of fused-ring (bicyclic) bond motifs is 2. The Morgan fingerprint density at radius 3 is 2.82 bits per heavy atom. The minimum atomic E-state index is -2.46. The number of nitrogens with zero attached hydrogens (tertiary/aromatic N) is 5. The summed E-state index contributed by atoms with van der Waals surface area (Å²) in [4.78, 5) is 21.5. The fourth-order valence-electron chi connectivity index (χ4n) is 5.08. The normalized spacial score (nSPS) is 19.4. The Balaban J connectivity index is 1.40. The van der Waals surface area contributed by atoms with E-state index >= 15 is 0 Å². The van der Waals surface area contributed by atoms with Crippen LogP contribution in [-0.2, 0) is 17.8 Å². The number of carbonyl (C=O) groups excluding carboxylic acids is 1. The topological polar surface area (TPSA) is 77.6 Å². The van der Waals surface area contributed by atoms with E-state index in [4.69, 9.17) is 9.97 Å². The molecule has 0 radical (unpaired) electrons. The molecular formula is C25H26F2N6O. The van der Waals surface area contributed by atoms with Crippen LogP contribution >= 0.6 is 0 Å². The van der Waals surface area contributed by atoms with E-state index in [1.807, 2.05) is 30.6 Å². The molecule has 0 bridgehead atoms. The van der Waals surface area contributed by atoms with Crippen molar-refractivity contribution in [3.63, 3.8) is 0 Å². The zero-order valence-electron chi connectivity index (χ0n) is 18.9. The van der Waals surface area contributed by atoms with Crippen LogP contribution in [0, 0.1) is 11.8 Å². The van der Waals surface area contributed by atoms with Gasteiger partial charge >= 0.3 is 0 Å². The summed E-state index contributed by atoms with van der Waals surface area (Å²) in [5.74, 6) is 0.706. The lowest BCUT2D eigenvalue weighted by Crippen LogP contribution is -2.19. The number of alkyl halides is 2. The molecule has 0 unspecified atom stereocenters. The van der Waals surface area contributed by atoms with Crippen LogP contribution in [0.5, 0.6) is 0 Å². The first-order valence-corrected chi connectivity index (χ1v) is 11.8. The van der Waals surface area contributed by atoms with Crippen LogP contribution in [0.3, 0.4) is 0 Å². The van der Waals surface area contributed by atoms with E-state index in [-0.39, 0.29) is 5.91 Å². The van der Waals surface area contributed by atoms with Gasteiger partial charge in [0.15, 0.2) is 0 Å². The first kappa shape index (κ1) is 21.2. The summed E-state index contributed by atoms with van der Waals surface area (Å²) in [6.45, 7) is 2.47. The number of hydrogen-bond donors (Lipinski definition) is 1. The first-order chi connectivity index (χ1) is 16.5. The van der Waals surface area contributed by atoms with Gasteiger partial charge in [-0.2, -0.15) is 5.10 Å². The SMILES string of the molecule is C[C@@H](Cc1nc(-c2ccc3c(cnn3CC(F)F)c2)cc2ncn(C3CC3)c12)[C@H]1CNC(=O)C1. The second kappa shape index (κ2) is 8.14. The summed E-state index contributed by atoms with van der Waals surface area (Å²) in [6.07, 6.45) is 4.71. The molecule has 1 N–H and O–H groups in total. The molecule has 34 heavy (non-hydrogen) atoms. The number of hydrogen-bond acceptors (Lipinski definition) is 4. The summed E-state index contributed by atoms with van der Waals surface area (Å²) in [6, 6.07) is 8.17. The minimum absolute atomic E-state index is 0.118. The van der Waals surface area contributed by atoms with Crippen molar-refractivity contribution < 1.29 is 13.6 Å². The summed E-state index contributed by atoms with van der Waals surface area (Å²) in [7, 11) is 0. The summed E-state index contributed by atoms with van der Waals surface area (Å²) >= 11 is 0. The van der Waals surface area contributed by atoms with Gasteiger partial charge in [-0.3, -0.25) is 14.5 Å². The Morgan fingerprint density at radius 1 is 1.24 bits per heavy atom. The maximum atomic E-state index is 12.9. The second-order valence-corrected chi connectivity index (χ2v) is 9.65. The van der Waals surface area contributed by atoms with Crippen molar-refractivity contribution in [3.05, 3.63) is 42.5 Å². The Bertz CT molecular complexity index is 1390. The molecule has 1 aliphatic heterocycles. The highest BCUT2D eigenvalue weighted by Gasteiger charge is 2.30. The molecule has 1 saturated carbocycles. The fraction of sp³-hybridized carbons (Fsp3) is 0.440. The van der Waals surface area contributed by atoms with Crippen LogP contribution in [0.2, 0.25) is 0 Å². The van der Waals surface area contributed by atoms with Gasteiger partial charge in [-0.1, -0.05) is 13.0 Å². The average Bonchev–Trinajstić information content (AvgIpc) is 3.22. The molecule has 4 aromatic rings. The number of imidazole rings is 1. The molecule has 1 saturated heterocycles. The fourth-order valence-corrected chi connectivity index (χ4v) is 5.08. The monoisotopic (exact) mass is 464 g/mol. The number of aromatic nitrogens is 5. The Hall–Kier alpha value is -3.36. The lowest BCUT2D eigenvalue weighted by Gasteiger charge is -2.18. The lowest BCUT2D eigenvalue weighted by atomic mass is 9.88. The standard InChI is InChI=1S/C25H26F2N6O/c1-14(16-8-24(34)28-10-16)6-21-25-20(29-13-32(25)18-3-4-18)9-19(31-21)15-2-5-22-17(7-15)11-30-33(22)12-23(26)27/h2,5,7,9,11,13-14,16,18,23H,3-4,6,8,10,12H2,1H3,(H,28,34)/t14-,16+/m0/s1. The smallest absolute Gasteiger partial charge is 0.257 e. The number of halogens is 2. The van der Waals surface area contributed by atoms with Crippen molar-refractivity contribution >= 4 is 27.8 Å². The summed E-state index contributed by atoms with van der Waals surface area (Å²) < 4.78 is 29.3. The maximum Gasteiger partial charge on any atom is 0.257 e. The third-order valence-electron chi connectivity index (χ3n) is 7.14. The van der Waals surface area contributed by atoms with Gasteiger partial charge in [-0.25, -0.2) is 13.8 Å². The van der Waals surface area contributed by atoms with Crippen LogP contribution in [-0.4, -0.2) is 43.2 Å². The second-order valence-electron chi connectivity index (χ2n) is 9.65. The molecule has 1 aliphatic carbocycles. The predicted molar refractivity (Wildman–Crippen MR) is 125 cm³/mol. The number of pyridine rings is 1. The Kier molecular flexibility index (Phi) is 5.08. The predicted octanol–water partition coefficient (Wildman–Crippen LogP) is 4.36. The van der Waals surface area contributed by atoms with Crippen LogP contribution < -0.4 is 5.32 Å². The Morgan fingerprint density at radius 2 is 2.09 bits per heavy atom. The third kappa shape index (κ3) is 3.82. The molecule has 3 aromatic heterocycles. The number of rotatable bonds is 7. The van der Waals surface area contributed by atoms with E-state index in [1.165, 1.54) is 4.68 Å². The molecule has 0 spiro atoms. The van der Waals surface area contributed by atoms with Gasteiger partial charge in [-0.05, 0) is 49.3 Å². The van der Waals surface area contributed by atoms with Crippen molar-refractivity contribution in [2.24, 2.45) is 11.8 Å². The van der Waals surface area contributed by atoms with Crippen molar-refractivity contribution in [1.29, 1.82) is 0 Å². The van der Waals surface area contributed by atoms with Crippen molar-refractivity contribution in [3.8, 4) is 11.3 Å². The molecule has 2 atom stereocenters. The largest absolute Gasteiger partial charge is 0.356 e. The van der Waals surface area contributed by atoms with E-state index in [2.05, 4.69) is 21.9 Å². The van der Waals surface area contributed by atoms with E-state index in [0.29, 0.717) is 36.4 Å². The third-order valence-corrected chi connectivity index (χ3v) is 7.14. The maximum absolute atomic E-state index is 12.9. The molecular weight excluding hydrogens is 438 g/mol. The van der Waals surface area contributed by atoms with Crippen LogP contribution in [0.25, 0.3) is 33.2 Å². The van der Waals surface area contributed by atoms with Crippen molar-refractivity contribution in [2.45, 2.75) is 51.6 Å².